The Labute approximate surface area is 123 Å². The van der Waals surface area contributed by atoms with Crippen molar-refractivity contribution < 1.29 is 18.3 Å². The summed E-state index contributed by atoms with van der Waals surface area (Å²) in [5.74, 6) is -2.71. The number of carbonyl (C=O) groups excluding carboxylic acids is 1. The van der Waals surface area contributed by atoms with Gasteiger partial charge in [-0.05, 0) is 22.9 Å². The molecule has 2 rings (SSSR count). The minimum Gasteiger partial charge on any atom is -0.464 e. The lowest BCUT2D eigenvalue weighted by Gasteiger charge is -2.33. The molecule has 0 aliphatic carbocycles. The van der Waals surface area contributed by atoms with E-state index in [0.717, 1.165) is 0 Å². The van der Waals surface area contributed by atoms with Gasteiger partial charge in [0.15, 0.2) is 11.5 Å². The van der Waals surface area contributed by atoms with E-state index in [2.05, 4.69) is 30.6 Å². The van der Waals surface area contributed by atoms with E-state index in [-0.39, 0.29) is 31.6 Å². The van der Waals surface area contributed by atoms with Crippen LogP contribution >= 0.6 is 15.9 Å². The second-order valence-electron chi connectivity index (χ2n) is 4.61. The fraction of sp³-hybridized carbons (Fsp3) is 0.583. The van der Waals surface area contributed by atoms with Crippen LogP contribution in [0.25, 0.3) is 0 Å². The smallest absolute Gasteiger partial charge is 0.358 e. The SMILES string of the molecule is COC(=O)c1nc(Br)c(N2CCC(F)(F)CC2)nc1C. The molecule has 0 N–H and O–H groups in total. The maximum Gasteiger partial charge on any atom is 0.358 e. The minimum atomic E-state index is -2.61. The number of hydrogen-bond acceptors (Lipinski definition) is 5. The number of piperidine rings is 1. The van der Waals surface area contributed by atoms with Gasteiger partial charge in [-0.1, -0.05) is 0 Å². The molecule has 0 unspecified atom stereocenters. The van der Waals surface area contributed by atoms with Gasteiger partial charge >= 0.3 is 5.97 Å². The van der Waals surface area contributed by atoms with E-state index in [1.165, 1.54) is 7.11 Å². The molecule has 1 aromatic rings. The monoisotopic (exact) mass is 349 g/mol. The summed E-state index contributed by atoms with van der Waals surface area (Å²) in [7, 11) is 1.26. The van der Waals surface area contributed by atoms with E-state index >= 15 is 0 Å². The molecule has 8 heteroatoms. The predicted octanol–water partition coefficient (Wildman–Crippen LogP) is 2.57. The summed E-state index contributed by atoms with van der Waals surface area (Å²) in [6.07, 6.45) is -0.419. The molecule has 1 fully saturated rings. The first-order chi connectivity index (χ1) is 9.34. The first-order valence-electron chi connectivity index (χ1n) is 6.09. The van der Waals surface area contributed by atoms with Crippen LogP contribution in [0.5, 0.6) is 0 Å². The molecule has 0 bridgehead atoms. The zero-order valence-corrected chi connectivity index (χ0v) is 12.7. The average Bonchev–Trinajstić information content (AvgIpc) is 2.40. The summed E-state index contributed by atoms with van der Waals surface area (Å²) in [6.45, 7) is 2.04. The van der Waals surface area contributed by atoms with Crippen LogP contribution in [-0.4, -0.2) is 42.1 Å². The van der Waals surface area contributed by atoms with Crippen LogP contribution in [0.3, 0.4) is 0 Å². The van der Waals surface area contributed by atoms with Crippen molar-refractivity contribution >= 4 is 27.7 Å². The van der Waals surface area contributed by atoms with Crippen molar-refractivity contribution in [1.82, 2.24) is 9.97 Å². The number of esters is 1. The molecule has 0 saturated carbocycles. The van der Waals surface area contributed by atoms with Crippen molar-refractivity contribution in [1.29, 1.82) is 0 Å². The Morgan fingerprint density at radius 2 is 1.95 bits per heavy atom. The quantitative estimate of drug-likeness (QED) is 0.768. The van der Waals surface area contributed by atoms with Gasteiger partial charge in [-0.2, -0.15) is 0 Å². The fourth-order valence-electron chi connectivity index (χ4n) is 2.02. The van der Waals surface area contributed by atoms with Crippen molar-refractivity contribution in [3.05, 3.63) is 16.0 Å². The third kappa shape index (κ3) is 3.05. The Kier molecular flexibility index (Phi) is 4.22. The minimum absolute atomic E-state index is 0.116. The normalized spacial score (nSPS) is 17.9. The molecule has 1 aliphatic rings. The van der Waals surface area contributed by atoms with Crippen molar-refractivity contribution in [3.63, 3.8) is 0 Å². The van der Waals surface area contributed by atoms with Gasteiger partial charge in [-0.25, -0.2) is 23.5 Å². The highest BCUT2D eigenvalue weighted by atomic mass is 79.9. The topological polar surface area (TPSA) is 55.3 Å². The summed E-state index contributed by atoms with van der Waals surface area (Å²) in [5.41, 5.74) is 0.526. The van der Waals surface area contributed by atoms with E-state index in [1.54, 1.807) is 11.8 Å². The molecule has 20 heavy (non-hydrogen) atoms. The zero-order valence-electron chi connectivity index (χ0n) is 11.1. The summed E-state index contributed by atoms with van der Waals surface area (Å²) in [6, 6.07) is 0. The number of methoxy groups -OCH3 is 1. The lowest BCUT2D eigenvalue weighted by Crippen LogP contribution is -2.40. The van der Waals surface area contributed by atoms with E-state index < -0.39 is 11.9 Å². The Morgan fingerprint density at radius 3 is 2.50 bits per heavy atom. The fourth-order valence-corrected chi connectivity index (χ4v) is 2.54. The molecule has 0 radical (unpaired) electrons. The van der Waals surface area contributed by atoms with Crippen LogP contribution in [0, 0.1) is 6.92 Å². The second-order valence-corrected chi connectivity index (χ2v) is 5.36. The molecule has 0 amide bonds. The predicted molar refractivity (Wildman–Crippen MR) is 72.2 cm³/mol. The number of aromatic nitrogens is 2. The highest BCUT2D eigenvalue weighted by Crippen LogP contribution is 2.32. The number of rotatable bonds is 2. The molecule has 0 atom stereocenters. The van der Waals surface area contributed by atoms with Crippen molar-refractivity contribution in [2.45, 2.75) is 25.7 Å². The highest BCUT2D eigenvalue weighted by Gasteiger charge is 2.35. The molecular formula is C12H14BrF2N3O2. The van der Waals surface area contributed by atoms with Gasteiger partial charge in [-0.15, -0.1) is 0 Å². The number of halogens is 3. The molecular weight excluding hydrogens is 336 g/mol. The van der Waals surface area contributed by atoms with Crippen molar-refractivity contribution in [2.75, 3.05) is 25.1 Å². The van der Waals surface area contributed by atoms with Crippen LogP contribution in [0.15, 0.2) is 4.60 Å². The number of anilines is 1. The summed E-state index contributed by atoms with van der Waals surface area (Å²) >= 11 is 3.23. The Balaban J connectivity index is 2.26. The van der Waals surface area contributed by atoms with Crippen LogP contribution < -0.4 is 4.90 Å². The molecule has 0 spiro atoms. The summed E-state index contributed by atoms with van der Waals surface area (Å²) in [4.78, 5) is 21.6. The number of carbonyl (C=O) groups is 1. The third-order valence-electron chi connectivity index (χ3n) is 3.18. The Hall–Kier alpha value is -1.31. The average molecular weight is 350 g/mol. The van der Waals surface area contributed by atoms with Gasteiger partial charge in [0.25, 0.3) is 5.92 Å². The first-order valence-corrected chi connectivity index (χ1v) is 6.88. The van der Waals surface area contributed by atoms with Gasteiger partial charge in [0.2, 0.25) is 0 Å². The Bertz CT molecular complexity index is 530. The van der Waals surface area contributed by atoms with Crippen molar-refractivity contribution in [3.8, 4) is 0 Å². The van der Waals surface area contributed by atoms with Crippen LogP contribution in [0.2, 0.25) is 0 Å². The molecule has 0 aromatic carbocycles. The van der Waals surface area contributed by atoms with Gasteiger partial charge in [0.05, 0.1) is 12.8 Å². The van der Waals surface area contributed by atoms with Gasteiger partial charge in [0, 0.05) is 25.9 Å². The van der Waals surface area contributed by atoms with Crippen molar-refractivity contribution in [2.24, 2.45) is 0 Å². The van der Waals surface area contributed by atoms with Crippen LogP contribution in [0.4, 0.5) is 14.6 Å². The standard InChI is InChI=1S/C12H14BrF2N3O2/c1-7-8(11(19)20-2)17-9(13)10(16-7)18-5-3-12(14,15)4-6-18/h3-6H2,1-2H3. The number of alkyl halides is 2. The lowest BCUT2D eigenvalue weighted by atomic mass is 10.1. The second kappa shape index (κ2) is 5.59. The maximum atomic E-state index is 13.2. The Morgan fingerprint density at radius 1 is 1.35 bits per heavy atom. The van der Waals surface area contributed by atoms with Gasteiger partial charge in [0.1, 0.15) is 4.60 Å². The molecule has 110 valence electrons. The van der Waals surface area contributed by atoms with E-state index in [0.29, 0.717) is 16.1 Å². The number of hydrogen-bond donors (Lipinski definition) is 0. The number of nitrogens with zero attached hydrogens (tertiary/aromatic N) is 3. The van der Waals surface area contributed by atoms with E-state index in [4.69, 9.17) is 0 Å². The van der Waals surface area contributed by atoms with Gasteiger partial charge < -0.3 is 9.64 Å². The van der Waals surface area contributed by atoms with E-state index in [1.807, 2.05) is 0 Å². The lowest BCUT2D eigenvalue weighted by molar-refractivity contribution is -0.0221. The molecule has 2 heterocycles. The third-order valence-corrected chi connectivity index (χ3v) is 3.72. The molecule has 1 aliphatic heterocycles. The number of ether oxygens (including phenoxy) is 1. The molecule has 1 aromatic heterocycles. The highest BCUT2D eigenvalue weighted by molar-refractivity contribution is 9.10. The first kappa shape index (κ1) is 15.1. The molecule has 5 nitrogen and oxygen atoms in total. The summed E-state index contributed by atoms with van der Waals surface area (Å²) < 4.78 is 31.3. The maximum absolute atomic E-state index is 13.2. The van der Waals surface area contributed by atoms with Gasteiger partial charge in [-0.3, -0.25) is 0 Å². The van der Waals surface area contributed by atoms with Crippen LogP contribution in [0.1, 0.15) is 29.0 Å². The number of aryl methyl sites for hydroxylation is 1. The zero-order chi connectivity index (χ0) is 14.9. The largest absolute Gasteiger partial charge is 0.464 e. The van der Waals surface area contributed by atoms with Crippen LogP contribution in [-0.2, 0) is 4.74 Å². The van der Waals surface area contributed by atoms with E-state index in [9.17, 15) is 13.6 Å². The molecule has 1 saturated heterocycles. The summed E-state index contributed by atoms with van der Waals surface area (Å²) in [5, 5.41) is 0.